The van der Waals surface area contributed by atoms with E-state index in [1.807, 2.05) is 38.2 Å². The van der Waals surface area contributed by atoms with E-state index < -0.39 is 0 Å². The van der Waals surface area contributed by atoms with Crippen molar-refractivity contribution >= 4 is 23.6 Å². The molecule has 0 aromatic heterocycles. The molecular weight excluding hydrogens is 314 g/mol. The minimum atomic E-state index is -0.260. The fourth-order valence-corrected chi connectivity index (χ4v) is 3.52. The van der Waals surface area contributed by atoms with Gasteiger partial charge in [0.1, 0.15) is 6.61 Å². The summed E-state index contributed by atoms with van der Waals surface area (Å²) < 4.78 is 10.4. The number of hydrogen-bond acceptors (Lipinski definition) is 5. The van der Waals surface area contributed by atoms with Gasteiger partial charge < -0.3 is 14.4 Å². The second-order valence-electron chi connectivity index (χ2n) is 5.41. The highest BCUT2D eigenvalue weighted by Crippen LogP contribution is 2.30. The number of thioether (sulfide) groups is 1. The SMILES string of the molecule is CCOCCC(=O)OCc1cccc(S[C@H]2CCN(C)C2=O)c1. The van der Waals surface area contributed by atoms with Gasteiger partial charge >= 0.3 is 5.97 Å². The first-order valence-corrected chi connectivity index (χ1v) is 8.72. The summed E-state index contributed by atoms with van der Waals surface area (Å²) in [5, 5.41) is -0.0102. The lowest BCUT2D eigenvalue weighted by atomic mass is 10.2. The fraction of sp³-hybridized carbons (Fsp3) is 0.529. The predicted octanol–water partition coefficient (Wildman–Crippen LogP) is 2.48. The number of nitrogens with zero attached hydrogens (tertiary/aromatic N) is 1. The van der Waals surface area contributed by atoms with Gasteiger partial charge in [-0.1, -0.05) is 12.1 Å². The molecule has 5 nitrogen and oxygen atoms in total. The Morgan fingerprint density at radius 2 is 2.26 bits per heavy atom. The molecule has 1 amide bonds. The van der Waals surface area contributed by atoms with Gasteiger partial charge in [0.05, 0.1) is 18.3 Å². The van der Waals surface area contributed by atoms with Gasteiger partial charge in [-0.2, -0.15) is 0 Å². The van der Waals surface area contributed by atoms with Crippen molar-refractivity contribution in [2.75, 3.05) is 26.8 Å². The molecule has 1 aliphatic heterocycles. The van der Waals surface area contributed by atoms with E-state index in [9.17, 15) is 9.59 Å². The van der Waals surface area contributed by atoms with Crippen molar-refractivity contribution in [2.24, 2.45) is 0 Å². The van der Waals surface area contributed by atoms with E-state index in [1.54, 1.807) is 16.7 Å². The predicted molar refractivity (Wildman–Crippen MR) is 89.2 cm³/mol. The topological polar surface area (TPSA) is 55.8 Å². The van der Waals surface area contributed by atoms with Crippen LogP contribution >= 0.6 is 11.8 Å². The van der Waals surface area contributed by atoms with Crippen LogP contribution in [0.2, 0.25) is 0 Å². The molecule has 1 saturated heterocycles. The molecule has 1 heterocycles. The molecule has 0 radical (unpaired) electrons. The highest BCUT2D eigenvalue weighted by Gasteiger charge is 2.29. The number of ether oxygens (including phenoxy) is 2. The van der Waals surface area contributed by atoms with Crippen LogP contribution in [0.25, 0.3) is 0 Å². The molecule has 0 unspecified atom stereocenters. The minimum absolute atomic E-state index is 0.0102. The molecule has 6 heteroatoms. The zero-order valence-electron chi connectivity index (χ0n) is 13.6. The Kier molecular flexibility index (Phi) is 6.92. The molecular formula is C17H23NO4S. The number of amides is 1. The van der Waals surface area contributed by atoms with Crippen molar-refractivity contribution in [1.29, 1.82) is 0 Å². The fourth-order valence-electron chi connectivity index (χ4n) is 2.31. The molecule has 1 fully saturated rings. The van der Waals surface area contributed by atoms with Crippen LogP contribution < -0.4 is 0 Å². The van der Waals surface area contributed by atoms with Crippen LogP contribution in [-0.2, 0) is 25.7 Å². The smallest absolute Gasteiger partial charge is 0.308 e. The van der Waals surface area contributed by atoms with Crippen molar-refractivity contribution in [3.63, 3.8) is 0 Å². The summed E-state index contributed by atoms with van der Waals surface area (Å²) in [6.07, 6.45) is 1.14. The standard InChI is InChI=1S/C17H23NO4S/c1-3-21-10-8-16(19)22-12-13-5-4-6-14(11-13)23-15-7-9-18(2)17(15)20/h4-6,11,15H,3,7-10,12H2,1-2H3/t15-/m0/s1. The van der Waals surface area contributed by atoms with Gasteiger partial charge in [0.15, 0.2) is 0 Å². The van der Waals surface area contributed by atoms with Gasteiger partial charge in [0, 0.05) is 25.1 Å². The molecule has 23 heavy (non-hydrogen) atoms. The van der Waals surface area contributed by atoms with Gasteiger partial charge in [-0.3, -0.25) is 9.59 Å². The third kappa shape index (κ3) is 5.55. The summed E-state index contributed by atoms with van der Waals surface area (Å²) in [6.45, 7) is 3.94. The number of carbonyl (C=O) groups excluding carboxylic acids is 2. The van der Waals surface area contributed by atoms with E-state index in [2.05, 4.69) is 0 Å². The first-order chi connectivity index (χ1) is 11.1. The van der Waals surface area contributed by atoms with Crippen LogP contribution in [0.3, 0.4) is 0 Å². The van der Waals surface area contributed by atoms with Crippen LogP contribution in [0.1, 0.15) is 25.3 Å². The Balaban J connectivity index is 1.82. The van der Waals surface area contributed by atoms with E-state index >= 15 is 0 Å². The summed E-state index contributed by atoms with van der Waals surface area (Å²) in [5.41, 5.74) is 0.929. The van der Waals surface area contributed by atoms with Crippen molar-refractivity contribution in [3.05, 3.63) is 29.8 Å². The second kappa shape index (κ2) is 8.93. The maximum atomic E-state index is 12.0. The van der Waals surface area contributed by atoms with Crippen LogP contribution in [0, 0.1) is 0 Å². The molecule has 0 bridgehead atoms. The minimum Gasteiger partial charge on any atom is -0.461 e. The maximum Gasteiger partial charge on any atom is 0.308 e. The largest absolute Gasteiger partial charge is 0.461 e. The Labute approximate surface area is 141 Å². The van der Waals surface area contributed by atoms with Crippen molar-refractivity contribution in [1.82, 2.24) is 4.90 Å². The highest BCUT2D eigenvalue weighted by molar-refractivity contribution is 8.00. The van der Waals surface area contributed by atoms with E-state index in [0.29, 0.717) is 13.2 Å². The number of carbonyl (C=O) groups is 2. The van der Waals surface area contributed by atoms with Gasteiger partial charge in [0.25, 0.3) is 0 Å². The average Bonchev–Trinajstić information content (AvgIpc) is 2.86. The summed E-state index contributed by atoms with van der Waals surface area (Å²) in [7, 11) is 1.83. The molecule has 1 aliphatic rings. The summed E-state index contributed by atoms with van der Waals surface area (Å²) in [5.74, 6) is -0.0770. The molecule has 1 atom stereocenters. The van der Waals surface area contributed by atoms with Crippen LogP contribution in [0.4, 0.5) is 0 Å². The van der Waals surface area contributed by atoms with Gasteiger partial charge in [-0.15, -0.1) is 11.8 Å². The lowest BCUT2D eigenvalue weighted by molar-refractivity contribution is -0.146. The second-order valence-corrected chi connectivity index (χ2v) is 6.69. The van der Waals surface area contributed by atoms with Crippen LogP contribution in [0.5, 0.6) is 0 Å². The Bertz CT molecular complexity index is 549. The maximum absolute atomic E-state index is 12.0. The van der Waals surface area contributed by atoms with E-state index in [0.717, 1.165) is 23.4 Å². The van der Waals surface area contributed by atoms with Gasteiger partial charge in [-0.25, -0.2) is 0 Å². The number of esters is 1. The van der Waals surface area contributed by atoms with E-state index in [1.165, 1.54) is 0 Å². The van der Waals surface area contributed by atoms with Gasteiger partial charge in [0.2, 0.25) is 5.91 Å². The molecule has 1 aromatic rings. The van der Waals surface area contributed by atoms with Crippen molar-refractivity contribution in [3.8, 4) is 0 Å². The normalized spacial score (nSPS) is 17.6. The van der Waals surface area contributed by atoms with Crippen LogP contribution in [0.15, 0.2) is 29.2 Å². The molecule has 0 aliphatic carbocycles. The molecule has 126 valence electrons. The lowest BCUT2D eigenvalue weighted by Gasteiger charge is -2.11. The third-order valence-corrected chi connectivity index (χ3v) is 4.86. The van der Waals surface area contributed by atoms with E-state index in [-0.39, 0.29) is 30.2 Å². The van der Waals surface area contributed by atoms with Crippen molar-refractivity contribution in [2.45, 2.75) is 36.5 Å². The molecule has 0 N–H and O–H groups in total. The monoisotopic (exact) mass is 337 g/mol. The number of hydrogen-bond donors (Lipinski definition) is 0. The average molecular weight is 337 g/mol. The summed E-state index contributed by atoms with van der Waals surface area (Å²) in [6, 6.07) is 7.81. The first-order valence-electron chi connectivity index (χ1n) is 7.84. The summed E-state index contributed by atoms with van der Waals surface area (Å²) >= 11 is 1.58. The summed E-state index contributed by atoms with van der Waals surface area (Å²) in [4.78, 5) is 26.3. The van der Waals surface area contributed by atoms with Crippen molar-refractivity contribution < 1.29 is 19.1 Å². The van der Waals surface area contributed by atoms with Gasteiger partial charge in [-0.05, 0) is 31.0 Å². The Morgan fingerprint density at radius 1 is 1.43 bits per heavy atom. The molecule has 0 saturated carbocycles. The third-order valence-electron chi connectivity index (χ3n) is 3.61. The highest BCUT2D eigenvalue weighted by atomic mass is 32.2. The number of benzene rings is 1. The Morgan fingerprint density at radius 3 is 2.96 bits per heavy atom. The Hall–Kier alpha value is -1.53. The molecule has 1 aromatic carbocycles. The molecule has 2 rings (SSSR count). The molecule has 0 spiro atoms. The van der Waals surface area contributed by atoms with E-state index in [4.69, 9.17) is 9.47 Å². The zero-order chi connectivity index (χ0) is 16.7. The zero-order valence-corrected chi connectivity index (χ0v) is 14.4. The quantitative estimate of drug-likeness (QED) is 0.539. The first kappa shape index (κ1) is 17.8. The lowest BCUT2D eigenvalue weighted by Crippen LogP contribution is -2.23. The number of rotatable bonds is 8. The van der Waals surface area contributed by atoms with Crippen LogP contribution in [-0.4, -0.2) is 48.8 Å². The number of likely N-dealkylation sites (tertiary alicyclic amines) is 1.